The lowest BCUT2D eigenvalue weighted by Gasteiger charge is -2.20. The number of fused-ring (bicyclic) bond motifs is 1. The molecule has 0 bridgehead atoms. The monoisotopic (exact) mass is 268 g/mol. The number of nitrogens with zero attached hydrogens (tertiary/aromatic N) is 1. The van der Waals surface area contributed by atoms with Gasteiger partial charge in [-0.2, -0.15) is 4.31 Å². The lowest BCUT2D eigenvalue weighted by molar-refractivity contribution is 0.427. The van der Waals surface area contributed by atoms with Crippen LogP contribution in [0.3, 0.4) is 0 Å². The highest BCUT2D eigenvalue weighted by Gasteiger charge is 2.23. The quantitative estimate of drug-likeness (QED) is 0.889. The van der Waals surface area contributed by atoms with Crippen molar-refractivity contribution in [1.29, 1.82) is 0 Å². The first-order chi connectivity index (χ1) is 8.59. The van der Waals surface area contributed by atoms with E-state index in [1.54, 1.807) is 6.07 Å². The predicted molar refractivity (Wildman–Crippen MR) is 73.4 cm³/mol. The summed E-state index contributed by atoms with van der Waals surface area (Å²) in [5, 5.41) is 3.24. The minimum atomic E-state index is -3.33. The Morgan fingerprint density at radius 3 is 2.78 bits per heavy atom. The van der Waals surface area contributed by atoms with E-state index in [4.69, 9.17) is 0 Å². The Balaban J connectivity index is 2.35. The molecule has 1 heterocycles. The minimum Gasteiger partial charge on any atom is -0.384 e. The summed E-state index contributed by atoms with van der Waals surface area (Å²) in [7, 11) is -3.33. The van der Waals surface area contributed by atoms with Crippen LogP contribution < -0.4 is 5.32 Å². The smallest absolute Gasteiger partial charge is 0.243 e. The normalized spacial score (nSPS) is 14.6. The van der Waals surface area contributed by atoms with E-state index in [9.17, 15) is 8.42 Å². The second-order valence-corrected chi connectivity index (χ2v) is 6.43. The van der Waals surface area contributed by atoms with E-state index in [-0.39, 0.29) is 0 Å². The van der Waals surface area contributed by atoms with Gasteiger partial charge in [0.2, 0.25) is 10.0 Å². The van der Waals surface area contributed by atoms with E-state index in [0.29, 0.717) is 18.0 Å². The zero-order valence-electron chi connectivity index (χ0n) is 10.9. The van der Waals surface area contributed by atoms with Crippen molar-refractivity contribution >= 4 is 15.7 Å². The van der Waals surface area contributed by atoms with E-state index in [1.165, 1.54) is 4.31 Å². The average Bonchev–Trinajstić information content (AvgIpc) is 2.82. The van der Waals surface area contributed by atoms with Crippen LogP contribution >= 0.6 is 0 Å². The van der Waals surface area contributed by atoms with Gasteiger partial charge >= 0.3 is 0 Å². The van der Waals surface area contributed by atoms with Crippen LogP contribution in [0.5, 0.6) is 0 Å². The number of anilines is 1. The second-order valence-electron chi connectivity index (χ2n) is 4.49. The van der Waals surface area contributed by atoms with Crippen LogP contribution in [0.1, 0.15) is 25.8 Å². The highest BCUT2D eigenvalue weighted by molar-refractivity contribution is 7.89. The molecule has 0 amide bonds. The third-order valence-electron chi connectivity index (χ3n) is 3.25. The van der Waals surface area contributed by atoms with Gasteiger partial charge in [-0.15, -0.1) is 0 Å². The molecule has 0 aliphatic carbocycles. The van der Waals surface area contributed by atoms with Gasteiger partial charge in [-0.1, -0.05) is 13.8 Å². The predicted octanol–water partition coefficient (Wildman–Crippen LogP) is 2.08. The summed E-state index contributed by atoms with van der Waals surface area (Å²) in [4.78, 5) is 0.417. The van der Waals surface area contributed by atoms with Crippen molar-refractivity contribution in [2.75, 3.05) is 25.0 Å². The van der Waals surface area contributed by atoms with Gasteiger partial charge in [-0.05, 0) is 36.6 Å². The molecule has 0 radical (unpaired) electrons. The van der Waals surface area contributed by atoms with Crippen molar-refractivity contribution in [3.63, 3.8) is 0 Å². The average molecular weight is 268 g/mol. The van der Waals surface area contributed by atoms with Crippen LogP contribution in [-0.2, 0) is 16.4 Å². The zero-order chi connectivity index (χ0) is 13.2. The van der Waals surface area contributed by atoms with Crippen molar-refractivity contribution in [3.05, 3.63) is 23.8 Å². The van der Waals surface area contributed by atoms with Crippen LogP contribution in [0.2, 0.25) is 0 Å². The summed E-state index contributed by atoms with van der Waals surface area (Å²) >= 11 is 0. The number of hydrogen-bond acceptors (Lipinski definition) is 3. The van der Waals surface area contributed by atoms with Gasteiger partial charge < -0.3 is 5.32 Å². The molecule has 18 heavy (non-hydrogen) atoms. The van der Waals surface area contributed by atoms with Crippen LogP contribution in [0.25, 0.3) is 0 Å². The molecular weight excluding hydrogens is 248 g/mol. The molecule has 5 heteroatoms. The maximum atomic E-state index is 12.5. The molecule has 4 nitrogen and oxygen atoms in total. The highest BCUT2D eigenvalue weighted by atomic mass is 32.2. The molecule has 1 N–H and O–H groups in total. The van der Waals surface area contributed by atoms with Crippen molar-refractivity contribution in [3.8, 4) is 0 Å². The molecule has 0 atom stereocenters. The fraction of sp³-hybridized carbons (Fsp3) is 0.538. The molecule has 0 aromatic heterocycles. The number of benzene rings is 1. The zero-order valence-corrected chi connectivity index (χ0v) is 11.8. The Labute approximate surface area is 109 Å². The molecule has 0 fully saturated rings. The minimum absolute atomic E-state index is 0.417. The van der Waals surface area contributed by atoms with Gasteiger partial charge in [0.25, 0.3) is 0 Å². The van der Waals surface area contributed by atoms with E-state index in [1.807, 2.05) is 26.0 Å². The maximum Gasteiger partial charge on any atom is 0.243 e. The Kier molecular flexibility index (Phi) is 3.92. The standard InChI is InChI=1S/C13H20N2O2S/c1-3-9-15(4-2)18(16,17)12-5-6-13-11(10-12)7-8-14-13/h5-6,10,14H,3-4,7-9H2,1-2H3. The Bertz CT molecular complexity index is 526. The highest BCUT2D eigenvalue weighted by Crippen LogP contribution is 2.26. The molecule has 0 spiro atoms. The SMILES string of the molecule is CCCN(CC)S(=O)(=O)c1ccc2c(c1)CCN2. The molecule has 100 valence electrons. The summed E-state index contributed by atoms with van der Waals surface area (Å²) in [5.74, 6) is 0. The number of hydrogen-bond donors (Lipinski definition) is 1. The molecular formula is C13H20N2O2S. The first kappa shape index (κ1) is 13.4. The van der Waals surface area contributed by atoms with Gasteiger partial charge in [0.1, 0.15) is 0 Å². The maximum absolute atomic E-state index is 12.5. The molecule has 1 aliphatic rings. The topological polar surface area (TPSA) is 49.4 Å². The van der Waals surface area contributed by atoms with Gasteiger partial charge in [-0.3, -0.25) is 0 Å². The van der Waals surface area contributed by atoms with E-state index in [2.05, 4.69) is 5.32 Å². The summed E-state index contributed by atoms with van der Waals surface area (Å²) in [6, 6.07) is 5.38. The molecule has 1 aromatic carbocycles. The van der Waals surface area contributed by atoms with Crippen molar-refractivity contribution in [1.82, 2.24) is 4.31 Å². The van der Waals surface area contributed by atoms with E-state index < -0.39 is 10.0 Å². The number of rotatable bonds is 5. The molecule has 0 saturated carbocycles. The Morgan fingerprint density at radius 2 is 2.11 bits per heavy atom. The van der Waals surface area contributed by atoms with Gasteiger partial charge in [0.05, 0.1) is 4.90 Å². The van der Waals surface area contributed by atoms with Crippen LogP contribution in [0, 0.1) is 0 Å². The lowest BCUT2D eigenvalue weighted by atomic mass is 10.2. The summed E-state index contributed by atoms with van der Waals surface area (Å²) < 4.78 is 26.5. The van der Waals surface area contributed by atoms with Gasteiger partial charge in [0, 0.05) is 25.3 Å². The second kappa shape index (κ2) is 5.28. The largest absolute Gasteiger partial charge is 0.384 e. The van der Waals surface area contributed by atoms with Crippen molar-refractivity contribution in [2.24, 2.45) is 0 Å². The van der Waals surface area contributed by atoms with Crippen LogP contribution in [0.4, 0.5) is 5.69 Å². The summed E-state index contributed by atoms with van der Waals surface area (Å²) in [6.45, 7) is 5.86. The summed E-state index contributed by atoms with van der Waals surface area (Å²) in [5.41, 5.74) is 2.16. The number of nitrogens with one attached hydrogen (secondary N) is 1. The third-order valence-corrected chi connectivity index (χ3v) is 5.22. The molecule has 2 rings (SSSR count). The van der Waals surface area contributed by atoms with Crippen LogP contribution in [-0.4, -0.2) is 32.4 Å². The molecule has 0 saturated heterocycles. The molecule has 1 aliphatic heterocycles. The summed E-state index contributed by atoms with van der Waals surface area (Å²) in [6.07, 6.45) is 1.73. The van der Waals surface area contributed by atoms with Crippen molar-refractivity contribution in [2.45, 2.75) is 31.6 Å². The molecule has 1 aromatic rings. The molecule has 0 unspecified atom stereocenters. The fourth-order valence-electron chi connectivity index (χ4n) is 2.29. The first-order valence-corrected chi connectivity index (χ1v) is 7.90. The lowest BCUT2D eigenvalue weighted by Crippen LogP contribution is -2.31. The number of sulfonamides is 1. The first-order valence-electron chi connectivity index (χ1n) is 6.46. The Hall–Kier alpha value is -1.07. The van der Waals surface area contributed by atoms with Crippen LogP contribution in [0.15, 0.2) is 23.1 Å². The van der Waals surface area contributed by atoms with Crippen molar-refractivity contribution < 1.29 is 8.42 Å². The van der Waals surface area contributed by atoms with E-state index in [0.717, 1.165) is 30.6 Å². The Morgan fingerprint density at radius 1 is 1.33 bits per heavy atom. The van der Waals surface area contributed by atoms with Gasteiger partial charge in [0.15, 0.2) is 0 Å². The van der Waals surface area contributed by atoms with E-state index >= 15 is 0 Å². The third kappa shape index (κ3) is 2.37. The van der Waals surface area contributed by atoms with Gasteiger partial charge in [-0.25, -0.2) is 8.42 Å². The fourth-order valence-corrected chi connectivity index (χ4v) is 3.88.